The summed E-state index contributed by atoms with van der Waals surface area (Å²) >= 11 is 8.13. The molecular weight excluding hydrogens is 463 g/mol. The Bertz CT molecular complexity index is 1100. The first-order valence-corrected chi connectivity index (χ1v) is 15.7. The van der Waals surface area contributed by atoms with Crippen LogP contribution in [-0.4, -0.2) is 6.16 Å². The first-order chi connectivity index (χ1) is 16.8. The van der Waals surface area contributed by atoms with Gasteiger partial charge in [0.2, 0.25) is 0 Å². The summed E-state index contributed by atoms with van der Waals surface area (Å²) in [6, 6.07) is 32.0. The van der Waals surface area contributed by atoms with Crippen molar-refractivity contribution >= 4 is 33.1 Å². The molecule has 3 rings (SSSR count). The molecule has 0 fully saturated rings. The first kappa shape index (κ1) is 26.9. The van der Waals surface area contributed by atoms with Crippen LogP contribution >= 0.6 is 17.2 Å². The molecule has 0 amide bonds. The van der Waals surface area contributed by atoms with Gasteiger partial charge in [-0.05, 0) is 0 Å². The van der Waals surface area contributed by atoms with E-state index in [4.69, 9.17) is 11.2 Å². The summed E-state index contributed by atoms with van der Waals surface area (Å²) in [7, 11) is 0. The Hall–Kier alpha value is -2.66. The number of benzene rings is 3. The van der Waals surface area contributed by atoms with E-state index in [0.29, 0.717) is 0 Å². The molecule has 0 heterocycles. The molecule has 0 N–H and O–H groups in total. The van der Waals surface area contributed by atoms with E-state index < -0.39 is 5.96 Å². The molecule has 0 aromatic heterocycles. The molecule has 35 heavy (non-hydrogen) atoms. The van der Waals surface area contributed by atoms with E-state index in [1.165, 1.54) is 32.6 Å². The Morgan fingerprint density at radius 3 is 1.57 bits per heavy atom. The molecule has 0 aliphatic heterocycles. The topological polar surface area (TPSA) is 0 Å². The zero-order chi connectivity index (χ0) is 25.2. The maximum atomic E-state index is 8.13. The van der Waals surface area contributed by atoms with Crippen LogP contribution in [0.4, 0.5) is 0 Å². The molecule has 0 aliphatic carbocycles. The molecule has 0 unspecified atom stereocenters. The van der Waals surface area contributed by atoms with Gasteiger partial charge >= 0.3 is 218 Å². The Morgan fingerprint density at radius 2 is 1.14 bits per heavy atom. The van der Waals surface area contributed by atoms with Gasteiger partial charge in [-0.1, -0.05) is 0 Å². The Labute approximate surface area is 217 Å². The van der Waals surface area contributed by atoms with Crippen molar-refractivity contribution in [2.24, 2.45) is 0 Å². The van der Waals surface area contributed by atoms with Crippen molar-refractivity contribution in [3.63, 3.8) is 0 Å². The fourth-order valence-corrected chi connectivity index (χ4v) is 10.2. The van der Waals surface area contributed by atoms with Crippen LogP contribution in [-0.2, 0) is 0 Å². The summed E-state index contributed by atoms with van der Waals surface area (Å²) in [6.07, 6.45) is 14.1. The summed E-state index contributed by atoms with van der Waals surface area (Å²) in [4.78, 5) is 0. The van der Waals surface area contributed by atoms with E-state index in [2.05, 4.69) is 149 Å². The van der Waals surface area contributed by atoms with Gasteiger partial charge in [0.1, 0.15) is 0 Å². The normalized spacial score (nSPS) is 13.9. The third-order valence-electron chi connectivity index (χ3n) is 6.47. The molecule has 0 spiro atoms. The van der Waals surface area contributed by atoms with Crippen LogP contribution in [0.2, 0.25) is 0 Å². The molecular formula is C33H38ClP. The number of hydrogen-bond donors (Lipinski definition) is 0. The Morgan fingerprint density at radius 1 is 0.686 bits per heavy atom. The van der Waals surface area contributed by atoms with E-state index in [0.717, 1.165) is 19.0 Å². The first-order valence-electron chi connectivity index (χ1n) is 12.4. The van der Waals surface area contributed by atoms with Crippen molar-refractivity contribution in [1.29, 1.82) is 0 Å². The summed E-state index contributed by atoms with van der Waals surface area (Å²) in [6.45, 7) is 8.68. The molecule has 0 saturated carbocycles. The molecule has 3 aromatic carbocycles. The zero-order valence-electron chi connectivity index (χ0n) is 21.5. The van der Waals surface area contributed by atoms with Crippen molar-refractivity contribution in [1.82, 2.24) is 0 Å². The fraction of sp³-hybridized carbons (Fsp3) is 0.212. The third kappa shape index (κ3) is 6.52. The summed E-state index contributed by atoms with van der Waals surface area (Å²) in [5.41, 5.74) is 3.99. The van der Waals surface area contributed by atoms with Crippen LogP contribution in [0.1, 0.15) is 40.5 Å². The van der Waals surface area contributed by atoms with Crippen molar-refractivity contribution in [2.45, 2.75) is 40.5 Å². The number of rotatable bonds is 10. The molecule has 0 aliphatic rings. The fourth-order valence-electron chi connectivity index (χ4n) is 4.40. The van der Waals surface area contributed by atoms with Crippen molar-refractivity contribution in [3.8, 4) is 0 Å². The standard InChI is InChI=1S/C33H38ClP/c1-28(2)16-14-17-29(3)18-15-19-30(4)26-27-35(34,31-20-8-5-9-21-31,32-22-10-6-11-23-32)33-24-12-7-13-25-33/h5-13,15-16,18-26H,14,17,27H2,1-4H3/b19-15+,29-18+,30-26+. The van der Waals surface area contributed by atoms with Crippen molar-refractivity contribution in [2.75, 3.05) is 6.16 Å². The average Bonchev–Trinajstić information content (AvgIpc) is 2.89. The van der Waals surface area contributed by atoms with Crippen molar-refractivity contribution < 1.29 is 0 Å². The van der Waals surface area contributed by atoms with Gasteiger partial charge in [0, 0.05) is 0 Å². The predicted octanol–water partition coefficient (Wildman–Crippen LogP) is 8.87. The second-order valence-corrected chi connectivity index (χ2v) is 16.0. The summed E-state index contributed by atoms with van der Waals surface area (Å²) in [5, 5.41) is 3.59. The number of hydrogen-bond acceptors (Lipinski definition) is 0. The SMILES string of the molecule is CC(C)=CCC/C(C)=C/C=C/C(C)=C/CP(Cl)(c1ccccc1)(c1ccccc1)c1ccccc1. The average molecular weight is 501 g/mol. The van der Waals surface area contributed by atoms with Crippen LogP contribution < -0.4 is 15.9 Å². The van der Waals surface area contributed by atoms with Gasteiger partial charge < -0.3 is 0 Å². The van der Waals surface area contributed by atoms with Crippen molar-refractivity contribution in [3.05, 3.63) is 138 Å². The van der Waals surface area contributed by atoms with Gasteiger partial charge in [0.25, 0.3) is 0 Å². The van der Waals surface area contributed by atoms with Gasteiger partial charge in [-0.3, -0.25) is 0 Å². The molecule has 2 heteroatoms. The van der Waals surface area contributed by atoms with Crippen LogP contribution in [0.25, 0.3) is 0 Å². The maximum absolute atomic E-state index is 8.13. The number of allylic oxidation sites excluding steroid dienone is 8. The molecule has 182 valence electrons. The van der Waals surface area contributed by atoms with Gasteiger partial charge in [0.05, 0.1) is 0 Å². The van der Waals surface area contributed by atoms with E-state index >= 15 is 0 Å². The third-order valence-corrected chi connectivity index (χ3v) is 13.6. The van der Waals surface area contributed by atoms with E-state index in [9.17, 15) is 0 Å². The van der Waals surface area contributed by atoms with E-state index in [1.807, 2.05) is 0 Å². The molecule has 0 atom stereocenters. The van der Waals surface area contributed by atoms with Gasteiger partial charge in [-0.15, -0.1) is 0 Å². The van der Waals surface area contributed by atoms with E-state index in [1.54, 1.807) is 0 Å². The van der Waals surface area contributed by atoms with Gasteiger partial charge in [0.15, 0.2) is 0 Å². The summed E-state index contributed by atoms with van der Waals surface area (Å²) in [5.74, 6) is -3.25. The van der Waals surface area contributed by atoms with Gasteiger partial charge in [-0.25, -0.2) is 0 Å². The van der Waals surface area contributed by atoms with Crippen LogP contribution in [0.15, 0.2) is 138 Å². The van der Waals surface area contributed by atoms with Gasteiger partial charge in [-0.2, -0.15) is 0 Å². The Balaban J connectivity index is 2.02. The minimum absolute atomic E-state index is 0.755. The van der Waals surface area contributed by atoms with E-state index in [-0.39, 0.29) is 0 Å². The quantitative estimate of drug-likeness (QED) is 0.148. The van der Waals surface area contributed by atoms with Crippen LogP contribution in [0.3, 0.4) is 0 Å². The second kappa shape index (κ2) is 12.3. The monoisotopic (exact) mass is 500 g/mol. The Kier molecular flexibility index (Phi) is 9.50. The molecule has 0 nitrogen and oxygen atoms in total. The van der Waals surface area contributed by atoms with Crippen LogP contribution in [0.5, 0.6) is 0 Å². The minimum atomic E-state index is -3.25. The molecule has 0 bridgehead atoms. The summed E-state index contributed by atoms with van der Waals surface area (Å²) < 4.78 is 0. The van der Waals surface area contributed by atoms with Crippen LogP contribution in [0, 0.1) is 0 Å². The molecule has 3 aromatic rings. The molecule has 0 saturated heterocycles. The molecule has 0 radical (unpaired) electrons. The zero-order valence-corrected chi connectivity index (χ0v) is 23.1. The predicted molar refractivity (Wildman–Crippen MR) is 161 cm³/mol. The number of halogens is 1. The second-order valence-electron chi connectivity index (χ2n) is 9.51.